The van der Waals surface area contributed by atoms with Crippen LogP contribution in [0.25, 0.3) is 17.0 Å². The Labute approximate surface area is 208 Å². The summed E-state index contributed by atoms with van der Waals surface area (Å²) >= 11 is 3.43. The Kier molecular flexibility index (Phi) is 5.84. The van der Waals surface area contributed by atoms with Crippen LogP contribution in [0.2, 0.25) is 0 Å². The Hall–Kier alpha value is -3.65. The number of fused-ring (bicyclic) bond motifs is 1. The van der Waals surface area contributed by atoms with E-state index in [0.29, 0.717) is 12.1 Å². The summed E-state index contributed by atoms with van der Waals surface area (Å²) in [6.07, 6.45) is -3.46. The molecule has 0 radical (unpaired) electrons. The number of benzene rings is 3. The third kappa shape index (κ3) is 4.30. The normalized spacial score (nSPS) is 15.3. The smallest absolute Gasteiger partial charge is 0.340 e. The van der Waals surface area contributed by atoms with Crippen molar-refractivity contribution in [3.05, 3.63) is 106 Å². The molecule has 0 saturated carbocycles. The third-order valence-corrected chi connectivity index (χ3v) is 6.50. The average molecular weight is 538 g/mol. The van der Waals surface area contributed by atoms with Crippen molar-refractivity contribution in [2.24, 2.45) is 5.10 Å². The Balaban J connectivity index is 1.65. The highest BCUT2D eigenvalue weighted by Crippen LogP contribution is 2.35. The number of para-hydroxylation sites is 2. The molecule has 0 aliphatic carbocycles. The molecule has 1 amide bonds. The van der Waals surface area contributed by atoms with Crippen LogP contribution in [-0.4, -0.2) is 22.4 Å². The number of aromatic nitrogens is 1. The van der Waals surface area contributed by atoms with Crippen LogP contribution in [0, 0.1) is 6.92 Å². The highest BCUT2D eigenvalue weighted by Gasteiger charge is 2.47. The predicted octanol–water partition coefficient (Wildman–Crippen LogP) is 7.11. The van der Waals surface area contributed by atoms with E-state index in [1.807, 2.05) is 60.0 Å². The zero-order valence-electron chi connectivity index (χ0n) is 18.6. The summed E-state index contributed by atoms with van der Waals surface area (Å²) in [6.45, 7) is 2.39. The fourth-order valence-electron chi connectivity index (χ4n) is 4.26. The van der Waals surface area contributed by atoms with Gasteiger partial charge in [-0.1, -0.05) is 64.5 Å². The number of rotatable bonds is 4. The minimum atomic E-state index is -4.78. The van der Waals surface area contributed by atoms with E-state index in [4.69, 9.17) is 0 Å². The summed E-state index contributed by atoms with van der Waals surface area (Å²) in [5.41, 5.74) is 1.84. The van der Waals surface area contributed by atoms with Gasteiger partial charge in [-0.3, -0.25) is 4.79 Å². The largest absolute Gasteiger partial charge is 0.435 e. The van der Waals surface area contributed by atoms with E-state index in [2.05, 4.69) is 21.0 Å². The van der Waals surface area contributed by atoms with Crippen molar-refractivity contribution in [1.82, 2.24) is 4.57 Å². The summed E-state index contributed by atoms with van der Waals surface area (Å²) in [7, 11) is 0. The lowest BCUT2D eigenvalue weighted by molar-refractivity contribution is -0.114. The van der Waals surface area contributed by atoms with E-state index < -0.39 is 23.4 Å². The van der Waals surface area contributed by atoms with Crippen molar-refractivity contribution in [1.29, 1.82) is 0 Å². The highest BCUT2D eigenvalue weighted by molar-refractivity contribution is 9.10. The number of hydrogen-bond donors (Lipinski definition) is 0. The van der Waals surface area contributed by atoms with Crippen molar-refractivity contribution in [3.8, 4) is 0 Å². The van der Waals surface area contributed by atoms with Gasteiger partial charge in [0.2, 0.25) is 0 Å². The van der Waals surface area contributed by atoms with Gasteiger partial charge in [0.25, 0.3) is 5.91 Å². The van der Waals surface area contributed by atoms with Crippen LogP contribution in [0.4, 0.5) is 18.9 Å². The first-order chi connectivity index (χ1) is 16.7. The van der Waals surface area contributed by atoms with Crippen LogP contribution in [0.5, 0.6) is 0 Å². The summed E-state index contributed by atoms with van der Waals surface area (Å²) in [6, 6.07) is 23.5. The molecule has 0 saturated heterocycles. The second-order valence-corrected chi connectivity index (χ2v) is 9.10. The maximum Gasteiger partial charge on any atom is 0.435 e. The molecular formula is C27H19BrF3N3O. The zero-order valence-corrected chi connectivity index (χ0v) is 20.1. The average Bonchev–Trinajstić information content (AvgIpc) is 3.31. The molecule has 8 heteroatoms. The maximum absolute atomic E-state index is 14.0. The Morgan fingerprint density at radius 1 is 0.943 bits per heavy atom. The molecule has 1 aromatic heterocycles. The molecule has 4 nitrogen and oxygen atoms in total. The van der Waals surface area contributed by atoms with Crippen molar-refractivity contribution < 1.29 is 18.0 Å². The fourth-order valence-corrected chi connectivity index (χ4v) is 4.52. The van der Waals surface area contributed by atoms with Crippen LogP contribution in [0.1, 0.15) is 16.8 Å². The number of amides is 1. The number of hydrogen-bond acceptors (Lipinski definition) is 2. The van der Waals surface area contributed by atoms with Gasteiger partial charge in [-0.25, -0.2) is 0 Å². The number of carbonyl (C=O) groups is 1. The van der Waals surface area contributed by atoms with Crippen LogP contribution < -0.4 is 5.01 Å². The standard InChI is InChI=1S/C27H19BrF3N3O/c1-17-22(21-9-5-6-10-24(21)33(17)16-18-11-13-19(28)14-12-18)15-23-25(27(29,30)31)32-34(26(23)35)20-7-3-2-4-8-20/h2-15H,16H2,1H3/b23-15-. The van der Waals surface area contributed by atoms with Gasteiger partial charge in [0.05, 0.1) is 11.3 Å². The van der Waals surface area contributed by atoms with Gasteiger partial charge in [-0.15, -0.1) is 0 Å². The number of anilines is 1. The summed E-state index contributed by atoms with van der Waals surface area (Å²) in [4.78, 5) is 13.2. The SMILES string of the molecule is Cc1c(/C=C2\C(=O)N(c3ccccc3)N=C2C(F)(F)F)c2ccccc2n1Cc1ccc(Br)cc1. The van der Waals surface area contributed by atoms with Crippen molar-refractivity contribution >= 4 is 50.2 Å². The molecule has 2 heterocycles. The first-order valence-electron chi connectivity index (χ1n) is 10.8. The molecule has 1 aliphatic rings. The van der Waals surface area contributed by atoms with E-state index in [1.165, 1.54) is 6.08 Å². The fraction of sp³-hybridized carbons (Fsp3) is 0.111. The van der Waals surface area contributed by atoms with Gasteiger partial charge in [0.1, 0.15) is 0 Å². The Morgan fingerprint density at radius 2 is 1.60 bits per heavy atom. The van der Waals surface area contributed by atoms with Crippen LogP contribution >= 0.6 is 15.9 Å². The van der Waals surface area contributed by atoms with Crippen molar-refractivity contribution in [3.63, 3.8) is 0 Å². The molecule has 35 heavy (non-hydrogen) atoms. The van der Waals surface area contributed by atoms with Crippen LogP contribution in [0.3, 0.4) is 0 Å². The van der Waals surface area contributed by atoms with Gasteiger partial charge >= 0.3 is 6.18 Å². The number of halogens is 4. The third-order valence-electron chi connectivity index (χ3n) is 5.97. The minimum absolute atomic E-state index is 0.275. The zero-order chi connectivity index (χ0) is 24.7. The summed E-state index contributed by atoms with van der Waals surface area (Å²) in [5.74, 6) is -0.812. The molecule has 0 fully saturated rings. The number of nitrogens with zero attached hydrogens (tertiary/aromatic N) is 3. The molecule has 1 aliphatic heterocycles. The molecule has 0 atom stereocenters. The number of carbonyl (C=O) groups excluding carboxylic acids is 1. The molecule has 4 aromatic rings. The van der Waals surface area contributed by atoms with E-state index in [-0.39, 0.29) is 5.69 Å². The minimum Gasteiger partial charge on any atom is -0.340 e. The molecule has 0 N–H and O–H groups in total. The van der Waals surface area contributed by atoms with Crippen LogP contribution in [0.15, 0.2) is 94.0 Å². The topological polar surface area (TPSA) is 37.6 Å². The number of hydrazone groups is 1. The van der Waals surface area contributed by atoms with E-state index >= 15 is 0 Å². The molecule has 0 spiro atoms. The summed E-state index contributed by atoms with van der Waals surface area (Å²) < 4.78 is 44.9. The van der Waals surface area contributed by atoms with Crippen LogP contribution in [-0.2, 0) is 11.3 Å². The molecule has 0 unspecified atom stereocenters. The molecule has 3 aromatic carbocycles. The maximum atomic E-state index is 14.0. The first kappa shape index (κ1) is 23.1. The molecular weight excluding hydrogens is 519 g/mol. The molecule has 5 rings (SSSR count). The highest BCUT2D eigenvalue weighted by atomic mass is 79.9. The lowest BCUT2D eigenvalue weighted by atomic mass is 10.0. The molecule has 176 valence electrons. The van der Waals surface area contributed by atoms with Gasteiger partial charge in [-0.2, -0.15) is 23.3 Å². The van der Waals surface area contributed by atoms with E-state index in [1.54, 1.807) is 30.3 Å². The lowest BCUT2D eigenvalue weighted by Gasteiger charge is -2.11. The quantitative estimate of drug-likeness (QED) is 0.255. The Morgan fingerprint density at radius 3 is 2.29 bits per heavy atom. The predicted molar refractivity (Wildman–Crippen MR) is 135 cm³/mol. The van der Waals surface area contributed by atoms with Gasteiger partial charge < -0.3 is 4.57 Å². The molecule has 0 bridgehead atoms. The summed E-state index contributed by atoms with van der Waals surface area (Å²) in [5, 5.41) is 5.25. The lowest BCUT2D eigenvalue weighted by Crippen LogP contribution is -2.25. The van der Waals surface area contributed by atoms with Gasteiger partial charge in [-0.05, 0) is 48.9 Å². The van der Waals surface area contributed by atoms with Crippen molar-refractivity contribution in [2.45, 2.75) is 19.6 Å². The van der Waals surface area contributed by atoms with E-state index in [9.17, 15) is 18.0 Å². The first-order valence-corrected chi connectivity index (χ1v) is 11.6. The monoisotopic (exact) mass is 537 g/mol. The second-order valence-electron chi connectivity index (χ2n) is 8.19. The second kappa shape index (κ2) is 8.85. The van der Waals surface area contributed by atoms with E-state index in [0.717, 1.165) is 31.6 Å². The van der Waals surface area contributed by atoms with Crippen molar-refractivity contribution in [2.75, 3.05) is 5.01 Å². The number of alkyl halides is 3. The van der Waals surface area contributed by atoms with Gasteiger partial charge in [0, 0.05) is 33.2 Å². The van der Waals surface area contributed by atoms with Gasteiger partial charge in [0.15, 0.2) is 5.71 Å². The Bertz CT molecular complexity index is 1490.